The fourth-order valence-corrected chi connectivity index (χ4v) is 2.99. The fourth-order valence-electron chi connectivity index (χ4n) is 2.84. The van der Waals surface area contributed by atoms with Gasteiger partial charge in [0.1, 0.15) is 5.02 Å². The molecular formula is C16H17ClFN3. The predicted molar refractivity (Wildman–Crippen MR) is 86.1 cm³/mol. The maximum absolute atomic E-state index is 14.2. The van der Waals surface area contributed by atoms with Gasteiger partial charge in [0.25, 0.3) is 0 Å². The second-order valence-corrected chi connectivity index (χ2v) is 5.79. The molecule has 3 rings (SSSR count). The van der Waals surface area contributed by atoms with Gasteiger partial charge in [0, 0.05) is 6.04 Å². The smallest absolute Gasteiger partial charge is 0.169 e. The van der Waals surface area contributed by atoms with Gasteiger partial charge in [0.05, 0.1) is 17.1 Å². The van der Waals surface area contributed by atoms with Crippen LogP contribution in [0.4, 0.5) is 21.5 Å². The van der Waals surface area contributed by atoms with Crippen LogP contribution >= 0.6 is 11.6 Å². The summed E-state index contributed by atoms with van der Waals surface area (Å²) >= 11 is 5.86. The van der Waals surface area contributed by atoms with Gasteiger partial charge in [-0.1, -0.05) is 35.9 Å². The van der Waals surface area contributed by atoms with Crippen LogP contribution < -0.4 is 16.8 Å². The first-order valence-corrected chi connectivity index (χ1v) is 7.30. The molecule has 5 N–H and O–H groups in total. The standard InChI is InChI=1S/C16H17ClFN3/c17-14-12(19)8-13(20)16(15(14)18)21-11-6-5-9-3-1-2-4-10(9)7-11/h1-4,8,11,21H,5-7,19-20H2. The fraction of sp³-hybridized carbons (Fsp3) is 0.250. The monoisotopic (exact) mass is 305 g/mol. The molecule has 0 radical (unpaired) electrons. The number of nitrogens with two attached hydrogens (primary N) is 2. The second kappa shape index (κ2) is 5.45. The van der Waals surface area contributed by atoms with Gasteiger partial charge in [0.15, 0.2) is 5.82 Å². The van der Waals surface area contributed by atoms with E-state index in [0.29, 0.717) is 0 Å². The maximum Gasteiger partial charge on any atom is 0.169 e. The molecule has 2 aromatic carbocycles. The van der Waals surface area contributed by atoms with Crippen molar-refractivity contribution < 1.29 is 4.39 Å². The highest BCUT2D eigenvalue weighted by Crippen LogP contribution is 2.35. The molecule has 1 aliphatic carbocycles. The Morgan fingerprint density at radius 2 is 1.86 bits per heavy atom. The number of halogens is 2. The van der Waals surface area contributed by atoms with Crippen molar-refractivity contribution in [2.45, 2.75) is 25.3 Å². The minimum atomic E-state index is -0.576. The summed E-state index contributed by atoms with van der Waals surface area (Å²) in [4.78, 5) is 0. The average Bonchev–Trinajstić information content (AvgIpc) is 2.49. The average molecular weight is 306 g/mol. The number of hydrogen-bond acceptors (Lipinski definition) is 3. The molecule has 0 fully saturated rings. The SMILES string of the molecule is Nc1cc(N)c(NC2CCc3ccccc3C2)c(F)c1Cl. The summed E-state index contributed by atoms with van der Waals surface area (Å²) in [6, 6.07) is 9.95. The Kier molecular flexibility index (Phi) is 3.64. The molecule has 0 heterocycles. The number of hydrogen-bond donors (Lipinski definition) is 3. The number of nitrogen functional groups attached to an aromatic ring is 2. The van der Waals surface area contributed by atoms with Gasteiger partial charge in [-0.2, -0.15) is 0 Å². The molecule has 1 unspecified atom stereocenters. The molecule has 5 heteroatoms. The lowest BCUT2D eigenvalue weighted by molar-refractivity contribution is 0.593. The largest absolute Gasteiger partial charge is 0.397 e. The number of rotatable bonds is 2. The summed E-state index contributed by atoms with van der Waals surface area (Å²) in [7, 11) is 0. The molecular weight excluding hydrogens is 289 g/mol. The Balaban J connectivity index is 1.84. The van der Waals surface area contributed by atoms with Crippen molar-refractivity contribution >= 4 is 28.7 Å². The van der Waals surface area contributed by atoms with Gasteiger partial charge in [-0.25, -0.2) is 4.39 Å². The van der Waals surface area contributed by atoms with Crippen LogP contribution in [0.25, 0.3) is 0 Å². The summed E-state index contributed by atoms with van der Waals surface area (Å²) in [5, 5.41) is 3.11. The number of benzene rings is 2. The molecule has 0 saturated carbocycles. The third kappa shape index (κ3) is 2.63. The first-order valence-electron chi connectivity index (χ1n) is 6.92. The van der Waals surface area contributed by atoms with Crippen LogP contribution in [-0.4, -0.2) is 6.04 Å². The Morgan fingerprint density at radius 3 is 2.62 bits per heavy atom. The summed E-state index contributed by atoms with van der Waals surface area (Å²) in [5.74, 6) is -0.576. The van der Waals surface area contributed by atoms with E-state index in [-0.39, 0.29) is 28.1 Å². The van der Waals surface area contributed by atoms with Crippen molar-refractivity contribution in [2.24, 2.45) is 0 Å². The minimum Gasteiger partial charge on any atom is -0.397 e. The summed E-state index contributed by atoms with van der Waals surface area (Å²) in [6.45, 7) is 0. The zero-order valence-electron chi connectivity index (χ0n) is 11.5. The molecule has 1 atom stereocenters. The number of fused-ring (bicyclic) bond motifs is 1. The van der Waals surface area contributed by atoms with E-state index in [0.717, 1.165) is 19.3 Å². The molecule has 3 nitrogen and oxygen atoms in total. The normalized spacial score (nSPS) is 17.3. The van der Waals surface area contributed by atoms with Gasteiger partial charge < -0.3 is 16.8 Å². The van der Waals surface area contributed by atoms with E-state index in [1.165, 1.54) is 17.2 Å². The third-order valence-electron chi connectivity index (χ3n) is 3.96. The molecule has 0 bridgehead atoms. The van der Waals surface area contributed by atoms with Crippen molar-refractivity contribution in [3.63, 3.8) is 0 Å². The Bertz CT molecular complexity index is 687. The van der Waals surface area contributed by atoms with Crippen molar-refractivity contribution in [2.75, 3.05) is 16.8 Å². The summed E-state index contributed by atoms with van der Waals surface area (Å²) < 4.78 is 14.2. The lowest BCUT2D eigenvalue weighted by Crippen LogP contribution is -2.28. The van der Waals surface area contributed by atoms with Crippen molar-refractivity contribution in [1.29, 1.82) is 0 Å². The van der Waals surface area contributed by atoms with Crippen LogP contribution in [-0.2, 0) is 12.8 Å². The van der Waals surface area contributed by atoms with Crippen LogP contribution in [0.2, 0.25) is 5.02 Å². The summed E-state index contributed by atoms with van der Waals surface area (Å²) in [5.41, 5.74) is 14.8. The Morgan fingerprint density at radius 1 is 1.14 bits per heavy atom. The Hall–Kier alpha value is -1.94. The minimum absolute atomic E-state index is 0.0806. The molecule has 1 aliphatic rings. The molecule has 0 aromatic heterocycles. The number of aryl methyl sites for hydroxylation is 1. The zero-order valence-corrected chi connectivity index (χ0v) is 12.3. The van der Waals surface area contributed by atoms with Crippen LogP contribution in [0.1, 0.15) is 17.5 Å². The predicted octanol–water partition coefficient (Wildman–Crippen LogP) is 3.61. The van der Waals surface area contributed by atoms with Gasteiger partial charge in [0.2, 0.25) is 0 Å². The van der Waals surface area contributed by atoms with E-state index in [9.17, 15) is 4.39 Å². The topological polar surface area (TPSA) is 64.1 Å². The van der Waals surface area contributed by atoms with Gasteiger partial charge in [-0.05, 0) is 36.5 Å². The van der Waals surface area contributed by atoms with Crippen LogP contribution in [0.5, 0.6) is 0 Å². The molecule has 110 valence electrons. The van der Waals surface area contributed by atoms with E-state index >= 15 is 0 Å². The van der Waals surface area contributed by atoms with E-state index in [4.69, 9.17) is 23.1 Å². The van der Waals surface area contributed by atoms with Gasteiger partial charge in [-0.3, -0.25) is 0 Å². The van der Waals surface area contributed by atoms with Crippen LogP contribution in [0.3, 0.4) is 0 Å². The molecule has 21 heavy (non-hydrogen) atoms. The van der Waals surface area contributed by atoms with E-state index in [1.807, 2.05) is 12.1 Å². The maximum atomic E-state index is 14.2. The van der Waals surface area contributed by atoms with Gasteiger partial charge >= 0.3 is 0 Å². The lowest BCUT2D eigenvalue weighted by Gasteiger charge is -2.27. The van der Waals surface area contributed by atoms with Crippen molar-refractivity contribution in [1.82, 2.24) is 0 Å². The third-order valence-corrected chi connectivity index (χ3v) is 4.34. The van der Waals surface area contributed by atoms with E-state index in [2.05, 4.69) is 17.4 Å². The number of anilines is 3. The second-order valence-electron chi connectivity index (χ2n) is 5.41. The van der Waals surface area contributed by atoms with Crippen molar-refractivity contribution in [3.05, 3.63) is 52.3 Å². The lowest BCUT2D eigenvalue weighted by atomic mass is 9.88. The van der Waals surface area contributed by atoms with E-state index in [1.54, 1.807) is 0 Å². The van der Waals surface area contributed by atoms with Crippen LogP contribution in [0, 0.1) is 5.82 Å². The molecule has 0 aliphatic heterocycles. The van der Waals surface area contributed by atoms with Crippen molar-refractivity contribution in [3.8, 4) is 0 Å². The zero-order chi connectivity index (χ0) is 15.0. The summed E-state index contributed by atoms with van der Waals surface area (Å²) in [6.07, 6.45) is 2.74. The van der Waals surface area contributed by atoms with Gasteiger partial charge in [-0.15, -0.1) is 0 Å². The highest BCUT2D eigenvalue weighted by molar-refractivity contribution is 6.33. The highest BCUT2D eigenvalue weighted by Gasteiger charge is 2.21. The quantitative estimate of drug-likeness (QED) is 0.743. The molecule has 0 spiro atoms. The first kappa shape index (κ1) is 14.0. The molecule has 2 aromatic rings. The van der Waals surface area contributed by atoms with E-state index < -0.39 is 5.82 Å². The molecule has 0 saturated heterocycles. The highest BCUT2D eigenvalue weighted by atomic mass is 35.5. The number of nitrogens with one attached hydrogen (secondary N) is 1. The molecule has 0 amide bonds. The first-order chi connectivity index (χ1) is 10.1. The van der Waals surface area contributed by atoms with Crippen LogP contribution in [0.15, 0.2) is 30.3 Å². The Labute approximate surface area is 128 Å².